The Labute approximate surface area is 186 Å². The summed E-state index contributed by atoms with van der Waals surface area (Å²) in [5, 5.41) is 4.24. The molecule has 1 saturated carbocycles. The first-order valence-corrected chi connectivity index (χ1v) is 10.3. The molecular formula is C24H28N2O6. The summed E-state index contributed by atoms with van der Waals surface area (Å²) in [4.78, 5) is 52.9. The van der Waals surface area contributed by atoms with Crippen LogP contribution in [0.15, 0.2) is 29.1 Å². The van der Waals surface area contributed by atoms with E-state index < -0.39 is 39.7 Å². The molecule has 3 rings (SSSR count). The lowest BCUT2D eigenvalue weighted by Crippen LogP contribution is -2.53. The number of aromatic nitrogens is 2. The van der Waals surface area contributed by atoms with Crippen molar-refractivity contribution in [2.75, 3.05) is 14.2 Å². The molecule has 0 saturated heterocycles. The van der Waals surface area contributed by atoms with Crippen molar-refractivity contribution < 1.29 is 23.9 Å². The highest BCUT2D eigenvalue weighted by Crippen LogP contribution is 2.44. The van der Waals surface area contributed by atoms with Gasteiger partial charge in [-0.3, -0.25) is 19.2 Å². The molecule has 0 radical (unpaired) electrons. The fraction of sp³-hybridized carbons (Fsp3) is 0.458. The number of Topliss-reactive ketones (excluding diaryl/α,β-unsaturated/α-hetero) is 3. The van der Waals surface area contributed by atoms with Crippen LogP contribution in [0, 0.1) is 23.7 Å². The monoisotopic (exact) mass is 440 g/mol. The molecule has 1 aliphatic carbocycles. The topological polar surface area (TPSA) is 105 Å². The van der Waals surface area contributed by atoms with E-state index >= 15 is 0 Å². The van der Waals surface area contributed by atoms with Gasteiger partial charge in [0.1, 0.15) is 5.92 Å². The van der Waals surface area contributed by atoms with E-state index in [4.69, 9.17) is 9.47 Å². The van der Waals surface area contributed by atoms with Crippen LogP contribution in [0.4, 0.5) is 0 Å². The second-order valence-corrected chi connectivity index (χ2v) is 9.43. The summed E-state index contributed by atoms with van der Waals surface area (Å²) in [6.45, 7) is 8.53. The first kappa shape index (κ1) is 23.4. The fourth-order valence-electron chi connectivity index (χ4n) is 4.50. The van der Waals surface area contributed by atoms with Crippen molar-refractivity contribution in [2.45, 2.75) is 41.0 Å². The van der Waals surface area contributed by atoms with Crippen LogP contribution in [-0.2, 0) is 9.59 Å². The fourth-order valence-corrected chi connectivity index (χ4v) is 4.50. The van der Waals surface area contributed by atoms with Crippen LogP contribution in [0.1, 0.15) is 50.2 Å². The quantitative estimate of drug-likeness (QED) is 0.520. The van der Waals surface area contributed by atoms with Crippen molar-refractivity contribution in [3.8, 4) is 17.2 Å². The van der Waals surface area contributed by atoms with Gasteiger partial charge < -0.3 is 9.47 Å². The van der Waals surface area contributed by atoms with Gasteiger partial charge >= 0.3 is 0 Å². The maximum Gasteiger partial charge on any atom is 0.282 e. The Morgan fingerprint density at radius 3 is 2.06 bits per heavy atom. The van der Waals surface area contributed by atoms with Crippen LogP contribution < -0.4 is 15.0 Å². The number of hydrogen-bond donors (Lipinski definition) is 0. The number of ether oxygens (including phenoxy) is 2. The number of rotatable bonds is 5. The number of carbonyl (C=O) groups is 3. The molecule has 170 valence electrons. The Morgan fingerprint density at radius 2 is 1.53 bits per heavy atom. The molecule has 1 aromatic carbocycles. The summed E-state index contributed by atoms with van der Waals surface area (Å²) in [6, 6.07) is 6.11. The van der Waals surface area contributed by atoms with Gasteiger partial charge in [-0.1, -0.05) is 27.7 Å². The van der Waals surface area contributed by atoms with E-state index in [1.165, 1.54) is 20.3 Å². The number of nitrogens with zero attached hydrogens (tertiary/aromatic N) is 2. The molecule has 1 aromatic heterocycles. The smallest absolute Gasteiger partial charge is 0.282 e. The van der Waals surface area contributed by atoms with Gasteiger partial charge in [-0.2, -0.15) is 9.78 Å². The minimum atomic E-state index is -1.51. The summed E-state index contributed by atoms with van der Waals surface area (Å²) < 4.78 is 11.6. The molecule has 0 spiro atoms. The van der Waals surface area contributed by atoms with Crippen molar-refractivity contribution in [1.29, 1.82) is 0 Å². The summed E-state index contributed by atoms with van der Waals surface area (Å²) in [5.41, 5.74) is -1.93. The third kappa shape index (κ3) is 3.85. The molecule has 8 nitrogen and oxygen atoms in total. The highest BCUT2D eigenvalue weighted by molar-refractivity contribution is 6.27. The number of benzene rings is 1. The van der Waals surface area contributed by atoms with E-state index in [0.29, 0.717) is 29.3 Å². The normalized spacial score (nSPS) is 17.8. The van der Waals surface area contributed by atoms with E-state index in [2.05, 4.69) is 5.10 Å². The van der Waals surface area contributed by atoms with E-state index in [0.717, 1.165) is 4.68 Å². The largest absolute Gasteiger partial charge is 0.493 e. The van der Waals surface area contributed by atoms with Gasteiger partial charge in [-0.15, -0.1) is 0 Å². The van der Waals surface area contributed by atoms with Crippen LogP contribution >= 0.6 is 0 Å². The van der Waals surface area contributed by atoms with E-state index in [9.17, 15) is 19.2 Å². The molecule has 2 aromatic rings. The average molecular weight is 440 g/mol. The van der Waals surface area contributed by atoms with Crippen molar-refractivity contribution in [3.63, 3.8) is 0 Å². The van der Waals surface area contributed by atoms with Gasteiger partial charge in [0, 0.05) is 16.9 Å². The van der Waals surface area contributed by atoms with Crippen LogP contribution in [0.25, 0.3) is 5.69 Å². The molecule has 0 unspecified atom stereocenters. The van der Waals surface area contributed by atoms with Gasteiger partial charge in [0.25, 0.3) is 5.56 Å². The zero-order valence-electron chi connectivity index (χ0n) is 19.4. The lowest BCUT2D eigenvalue weighted by atomic mass is 9.58. The number of methoxy groups -OCH3 is 2. The van der Waals surface area contributed by atoms with Crippen LogP contribution in [0.5, 0.6) is 11.5 Å². The Balaban J connectivity index is 2.15. The van der Waals surface area contributed by atoms with Gasteiger partial charge in [0.15, 0.2) is 28.8 Å². The predicted molar refractivity (Wildman–Crippen MR) is 118 cm³/mol. The van der Waals surface area contributed by atoms with E-state index in [-0.39, 0.29) is 5.56 Å². The van der Waals surface area contributed by atoms with Gasteiger partial charge in [-0.25, -0.2) is 0 Å². The first-order valence-electron chi connectivity index (χ1n) is 10.3. The Morgan fingerprint density at radius 1 is 0.969 bits per heavy atom. The second-order valence-electron chi connectivity index (χ2n) is 9.43. The van der Waals surface area contributed by atoms with Crippen molar-refractivity contribution in [3.05, 3.63) is 45.9 Å². The molecule has 1 fully saturated rings. The second kappa shape index (κ2) is 8.00. The maximum absolute atomic E-state index is 13.4. The molecular weight excluding hydrogens is 412 g/mol. The van der Waals surface area contributed by atoms with Crippen LogP contribution in [0.3, 0.4) is 0 Å². The molecule has 0 amide bonds. The number of ketones is 3. The molecule has 0 atom stereocenters. The highest BCUT2D eigenvalue weighted by Gasteiger charge is 2.54. The predicted octanol–water partition coefficient (Wildman–Crippen LogP) is 2.95. The SMILES string of the molecule is COc1ccc(-n2nc(C)cc(C(=O)C3C(=O)C(C)(C)CC(C)(C)C3=O)c2=O)cc1OC. The molecule has 0 aliphatic heterocycles. The zero-order chi connectivity index (χ0) is 24.0. The maximum atomic E-state index is 13.4. The Bertz CT molecular complexity index is 1150. The number of hydrogen-bond acceptors (Lipinski definition) is 7. The summed E-state index contributed by atoms with van der Waals surface area (Å²) in [7, 11) is 2.96. The van der Waals surface area contributed by atoms with Crippen molar-refractivity contribution in [2.24, 2.45) is 16.7 Å². The summed E-state index contributed by atoms with van der Waals surface area (Å²) in [5.74, 6) is -2.37. The average Bonchev–Trinajstić information content (AvgIpc) is 2.72. The molecule has 32 heavy (non-hydrogen) atoms. The first-order chi connectivity index (χ1) is 14.8. The van der Waals surface area contributed by atoms with E-state index in [1.54, 1.807) is 52.8 Å². The number of aryl methyl sites for hydroxylation is 1. The standard InChI is InChI=1S/C24H28N2O6/c1-13-10-15(19(27)18-20(28)23(2,3)12-24(4,5)21(18)29)22(30)26(25-13)14-8-9-16(31-6)17(11-14)32-7/h8-11,18H,12H2,1-7H3. The molecule has 1 heterocycles. The van der Waals surface area contributed by atoms with E-state index in [1.807, 2.05) is 0 Å². The Kier molecular flexibility index (Phi) is 5.84. The third-order valence-electron chi connectivity index (χ3n) is 5.92. The summed E-state index contributed by atoms with van der Waals surface area (Å²) >= 11 is 0. The minimum Gasteiger partial charge on any atom is -0.493 e. The highest BCUT2D eigenvalue weighted by atomic mass is 16.5. The van der Waals surface area contributed by atoms with Gasteiger partial charge in [-0.05, 0) is 31.5 Å². The molecule has 0 bridgehead atoms. The molecule has 8 heteroatoms. The lowest BCUT2D eigenvalue weighted by Gasteiger charge is -2.41. The lowest BCUT2D eigenvalue weighted by molar-refractivity contribution is -0.148. The van der Waals surface area contributed by atoms with Crippen LogP contribution in [0.2, 0.25) is 0 Å². The summed E-state index contributed by atoms with van der Waals surface area (Å²) in [6.07, 6.45) is 0.340. The minimum absolute atomic E-state index is 0.243. The molecule has 1 aliphatic rings. The van der Waals surface area contributed by atoms with Crippen LogP contribution in [-0.4, -0.2) is 41.3 Å². The molecule has 0 N–H and O–H groups in total. The van der Waals surface area contributed by atoms with Crippen molar-refractivity contribution >= 4 is 17.3 Å². The van der Waals surface area contributed by atoms with Gasteiger partial charge in [0.2, 0.25) is 0 Å². The van der Waals surface area contributed by atoms with Gasteiger partial charge in [0.05, 0.1) is 31.2 Å². The van der Waals surface area contributed by atoms with Crippen molar-refractivity contribution in [1.82, 2.24) is 9.78 Å². The zero-order valence-corrected chi connectivity index (χ0v) is 19.4. The number of carbonyl (C=O) groups excluding carboxylic acids is 3. The Hall–Kier alpha value is -3.29. The third-order valence-corrected chi connectivity index (χ3v) is 5.92.